The number of hydrogen-bond acceptors (Lipinski definition) is 4. The summed E-state index contributed by atoms with van der Waals surface area (Å²) in [6.07, 6.45) is 2.88. The molecular weight excluding hydrogens is 554 g/mol. The molecule has 0 aliphatic carbocycles. The summed E-state index contributed by atoms with van der Waals surface area (Å²) in [5.74, 6) is -0.366. The molecule has 1 N–H and O–H groups in total. The van der Waals surface area contributed by atoms with Crippen LogP contribution in [0.15, 0.2) is 73.7 Å². The van der Waals surface area contributed by atoms with Gasteiger partial charge in [0, 0.05) is 0 Å². The van der Waals surface area contributed by atoms with E-state index in [1.807, 2.05) is 37.3 Å². The Bertz CT molecular complexity index is 1050. The molecule has 156 valence electrons. The fourth-order valence-electron chi connectivity index (χ4n) is 2.78. The van der Waals surface area contributed by atoms with E-state index in [2.05, 4.69) is 27.3 Å². The average molecular weight is 573 g/mol. The van der Waals surface area contributed by atoms with Crippen LogP contribution in [0.2, 0.25) is 10.0 Å². The van der Waals surface area contributed by atoms with Crippen molar-refractivity contribution < 1.29 is 9.53 Å². The molecule has 0 unspecified atom stereocenters. The molecular formula is C22H19BrCl2N2O2Se. The molecule has 30 heavy (non-hydrogen) atoms. The van der Waals surface area contributed by atoms with Crippen molar-refractivity contribution in [2.45, 2.75) is 19.9 Å². The van der Waals surface area contributed by atoms with Gasteiger partial charge >= 0.3 is 202 Å². The van der Waals surface area contributed by atoms with Gasteiger partial charge < -0.3 is 0 Å². The van der Waals surface area contributed by atoms with Crippen LogP contribution in [0.1, 0.15) is 18.9 Å². The van der Waals surface area contributed by atoms with Crippen molar-refractivity contribution in [1.82, 2.24) is 5.32 Å². The molecule has 2 aromatic carbocycles. The summed E-state index contributed by atoms with van der Waals surface area (Å²) in [5, 5.41) is 4.33. The van der Waals surface area contributed by atoms with E-state index in [-0.39, 0.29) is 20.9 Å². The molecule has 3 rings (SSSR count). The Balaban J connectivity index is 2.02. The second-order valence-corrected chi connectivity index (χ2v) is 10.2. The molecule has 0 amide bonds. The number of esters is 1. The van der Waals surface area contributed by atoms with Crippen LogP contribution in [0.4, 0.5) is 5.69 Å². The topological polar surface area (TPSA) is 50.7 Å². The molecule has 8 heteroatoms. The van der Waals surface area contributed by atoms with E-state index in [0.29, 0.717) is 33.5 Å². The van der Waals surface area contributed by atoms with Gasteiger partial charge in [-0.25, -0.2) is 0 Å². The second kappa shape index (κ2) is 10.6. The van der Waals surface area contributed by atoms with Crippen molar-refractivity contribution in [3.8, 4) is 0 Å². The second-order valence-electron chi connectivity index (χ2n) is 6.32. The van der Waals surface area contributed by atoms with Gasteiger partial charge in [0.2, 0.25) is 0 Å². The van der Waals surface area contributed by atoms with E-state index >= 15 is 0 Å². The van der Waals surface area contributed by atoms with Crippen molar-refractivity contribution in [1.29, 1.82) is 0 Å². The van der Waals surface area contributed by atoms with Crippen LogP contribution >= 0.6 is 39.1 Å². The van der Waals surface area contributed by atoms with E-state index < -0.39 is 0 Å². The van der Waals surface area contributed by atoms with Crippen LogP contribution in [0.25, 0.3) is 0 Å². The standard InChI is InChI=1S/C22H19BrCl2N2O2Se/c1-3-4-18-19(22(28)29-2)20(26-12-13-5-7-14(23)8-6-13)21(30-18)27-15-9-10-16(24)17(25)11-15/h4-11,26H,3,12H2,1-2H3/b18-4-,27-21?. The third-order valence-electron chi connectivity index (χ3n) is 4.21. The summed E-state index contributed by atoms with van der Waals surface area (Å²) in [6, 6.07) is 13.3. The Morgan fingerprint density at radius 3 is 2.57 bits per heavy atom. The fraction of sp³-hybridized carbons (Fsp3) is 0.182. The van der Waals surface area contributed by atoms with E-state index in [1.165, 1.54) is 7.11 Å². The van der Waals surface area contributed by atoms with Crippen molar-refractivity contribution in [2.24, 2.45) is 4.99 Å². The molecule has 0 saturated carbocycles. The minimum absolute atomic E-state index is 0.145. The van der Waals surface area contributed by atoms with Gasteiger partial charge in [0.05, 0.1) is 0 Å². The molecule has 0 radical (unpaired) electrons. The van der Waals surface area contributed by atoms with Gasteiger partial charge in [0.25, 0.3) is 0 Å². The van der Waals surface area contributed by atoms with E-state index in [1.54, 1.807) is 12.1 Å². The number of rotatable bonds is 6. The number of allylic oxidation sites excluding steroid dienone is 2. The van der Waals surface area contributed by atoms with Crippen LogP contribution in [-0.4, -0.2) is 32.6 Å². The summed E-state index contributed by atoms with van der Waals surface area (Å²) >= 11 is 15.5. The molecule has 1 aliphatic rings. The number of ether oxygens (including phenoxy) is 1. The van der Waals surface area contributed by atoms with Crippen LogP contribution < -0.4 is 5.32 Å². The van der Waals surface area contributed by atoms with Crippen LogP contribution in [-0.2, 0) is 16.1 Å². The minimum atomic E-state index is -0.366. The number of methoxy groups -OCH3 is 1. The molecule has 1 heterocycles. The molecule has 0 bridgehead atoms. The van der Waals surface area contributed by atoms with Gasteiger partial charge in [-0.3, -0.25) is 0 Å². The zero-order valence-corrected chi connectivity index (χ0v) is 21.1. The number of nitrogens with zero attached hydrogens (tertiary/aromatic N) is 1. The molecule has 2 aromatic rings. The van der Waals surface area contributed by atoms with E-state index in [4.69, 9.17) is 32.9 Å². The van der Waals surface area contributed by atoms with Gasteiger partial charge in [0.15, 0.2) is 0 Å². The first-order chi connectivity index (χ1) is 14.4. The van der Waals surface area contributed by atoms with Gasteiger partial charge in [-0.05, 0) is 0 Å². The summed E-state index contributed by atoms with van der Waals surface area (Å²) in [4.78, 5) is 17.4. The zero-order chi connectivity index (χ0) is 21.7. The summed E-state index contributed by atoms with van der Waals surface area (Å²) < 4.78 is 7.87. The number of aliphatic imine (C=N–C) groups is 1. The predicted octanol–water partition coefficient (Wildman–Crippen LogP) is 6.01. The summed E-state index contributed by atoms with van der Waals surface area (Å²) in [6.45, 7) is 2.60. The number of benzene rings is 2. The predicted molar refractivity (Wildman–Crippen MR) is 128 cm³/mol. The number of halogens is 3. The molecule has 0 spiro atoms. The van der Waals surface area contributed by atoms with E-state index in [0.717, 1.165) is 25.5 Å². The quantitative estimate of drug-likeness (QED) is 0.340. The van der Waals surface area contributed by atoms with Crippen molar-refractivity contribution >= 4 is 70.4 Å². The maximum atomic E-state index is 12.6. The first-order valence-electron chi connectivity index (χ1n) is 9.16. The third kappa shape index (κ3) is 5.57. The van der Waals surface area contributed by atoms with Gasteiger partial charge in [-0.2, -0.15) is 0 Å². The van der Waals surface area contributed by atoms with Gasteiger partial charge in [-0.15, -0.1) is 0 Å². The first kappa shape index (κ1) is 23.1. The van der Waals surface area contributed by atoms with Gasteiger partial charge in [0.1, 0.15) is 0 Å². The Kier molecular flexibility index (Phi) is 8.20. The molecule has 1 aliphatic heterocycles. The third-order valence-corrected chi connectivity index (χ3v) is 7.74. The van der Waals surface area contributed by atoms with E-state index in [9.17, 15) is 4.79 Å². The summed E-state index contributed by atoms with van der Waals surface area (Å²) in [7, 11) is 1.40. The summed E-state index contributed by atoms with van der Waals surface area (Å²) in [5.41, 5.74) is 3.03. The first-order valence-corrected chi connectivity index (χ1v) is 12.4. The Hall–Kier alpha value is -1.56. The maximum absolute atomic E-state index is 12.6. The molecule has 0 saturated heterocycles. The van der Waals surface area contributed by atoms with Crippen LogP contribution in [0.5, 0.6) is 0 Å². The number of carbonyl (C=O) groups excluding carboxylic acids is 1. The Morgan fingerprint density at radius 1 is 1.20 bits per heavy atom. The normalized spacial score (nSPS) is 16.4. The van der Waals surface area contributed by atoms with Crippen molar-refractivity contribution in [3.63, 3.8) is 0 Å². The van der Waals surface area contributed by atoms with Crippen molar-refractivity contribution in [3.05, 3.63) is 84.4 Å². The Morgan fingerprint density at radius 2 is 1.93 bits per heavy atom. The Labute approximate surface area is 200 Å². The molecule has 0 aromatic heterocycles. The number of carbonyl (C=O) groups is 1. The number of nitrogens with one attached hydrogen (secondary N) is 1. The monoisotopic (exact) mass is 572 g/mol. The fourth-order valence-corrected chi connectivity index (χ4v) is 5.80. The molecule has 0 atom stereocenters. The zero-order valence-electron chi connectivity index (χ0n) is 16.3. The SMILES string of the molecule is CC/C=C1\[Se]C(=Nc2ccc(Cl)c(Cl)c2)C(NCc2ccc(Br)cc2)=C1C(=O)OC. The average Bonchev–Trinajstić information content (AvgIpc) is 3.06. The van der Waals surface area contributed by atoms with Crippen molar-refractivity contribution in [2.75, 3.05) is 7.11 Å². The van der Waals surface area contributed by atoms with Crippen LogP contribution in [0, 0.1) is 0 Å². The van der Waals surface area contributed by atoms with Gasteiger partial charge in [-0.1, -0.05) is 0 Å². The number of hydrogen-bond donors (Lipinski definition) is 1. The molecule has 4 nitrogen and oxygen atoms in total. The van der Waals surface area contributed by atoms with Crippen LogP contribution in [0.3, 0.4) is 0 Å². The molecule has 0 fully saturated rings.